The first-order chi connectivity index (χ1) is 9.16. The van der Waals surface area contributed by atoms with Gasteiger partial charge in [-0.3, -0.25) is 0 Å². The summed E-state index contributed by atoms with van der Waals surface area (Å²) in [6.45, 7) is 4.63. The maximum Gasteiger partial charge on any atom is 0.142 e. The number of aromatic amines is 1. The number of rotatable bonds is 2. The van der Waals surface area contributed by atoms with E-state index in [1.54, 1.807) is 6.33 Å². The third-order valence-corrected chi connectivity index (χ3v) is 4.23. The van der Waals surface area contributed by atoms with Crippen molar-refractivity contribution in [3.05, 3.63) is 18.6 Å². The Labute approximate surface area is 113 Å². The van der Waals surface area contributed by atoms with Crippen molar-refractivity contribution in [2.45, 2.75) is 19.4 Å². The monoisotopic (exact) mass is 259 g/mol. The lowest BCUT2D eigenvalue weighted by Gasteiger charge is -2.40. The second-order valence-corrected chi connectivity index (χ2v) is 5.64. The van der Waals surface area contributed by atoms with Crippen LogP contribution in [0, 0.1) is 5.92 Å². The zero-order valence-corrected chi connectivity index (χ0v) is 11.8. The number of piperidine rings is 1. The molecule has 3 heterocycles. The van der Waals surface area contributed by atoms with E-state index in [0.717, 1.165) is 29.9 Å². The molecule has 1 aliphatic heterocycles. The Morgan fingerprint density at radius 1 is 1.42 bits per heavy atom. The second kappa shape index (κ2) is 4.81. The first kappa shape index (κ1) is 12.4. The van der Waals surface area contributed by atoms with E-state index in [-0.39, 0.29) is 0 Å². The lowest BCUT2D eigenvalue weighted by Crippen LogP contribution is -2.48. The van der Waals surface area contributed by atoms with Gasteiger partial charge in [0, 0.05) is 25.8 Å². The van der Waals surface area contributed by atoms with Crippen LogP contribution >= 0.6 is 0 Å². The molecule has 2 aromatic rings. The number of fused-ring (bicyclic) bond motifs is 1. The normalized spacial score (nSPS) is 24.8. The summed E-state index contributed by atoms with van der Waals surface area (Å²) in [5.74, 6) is 1.68. The Morgan fingerprint density at radius 3 is 3.05 bits per heavy atom. The van der Waals surface area contributed by atoms with Gasteiger partial charge in [0.1, 0.15) is 17.8 Å². The van der Waals surface area contributed by atoms with Crippen molar-refractivity contribution in [1.29, 1.82) is 0 Å². The van der Waals surface area contributed by atoms with Gasteiger partial charge in [0.15, 0.2) is 0 Å². The molecule has 2 atom stereocenters. The van der Waals surface area contributed by atoms with E-state index in [4.69, 9.17) is 0 Å². The molecule has 2 unspecified atom stereocenters. The predicted molar refractivity (Wildman–Crippen MR) is 77.4 cm³/mol. The van der Waals surface area contributed by atoms with E-state index in [0.29, 0.717) is 12.0 Å². The summed E-state index contributed by atoms with van der Waals surface area (Å²) < 4.78 is 0. The van der Waals surface area contributed by atoms with Gasteiger partial charge in [-0.1, -0.05) is 6.92 Å². The Balaban J connectivity index is 1.91. The molecule has 1 fully saturated rings. The molecule has 102 valence electrons. The average molecular weight is 259 g/mol. The van der Waals surface area contributed by atoms with Gasteiger partial charge in [0.2, 0.25) is 0 Å². The third kappa shape index (κ3) is 2.18. The first-order valence-corrected chi connectivity index (χ1v) is 6.86. The van der Waals surface area contributed by atoms with Crippen LogP contribution in [0.2, 0.25) is 0 Å². The summed E-state index contributed by atoms with van der Waals surface area (Å²) in [4.78, 5) is 16.6. The summed E-state index contributed by atoms with van der Waals surface area (Å²) in [5.41, 5.74) is 0.914. The highest BCUT2D eigenvalue weighted by atomic mass is 15.2. The molecular weight excluding hydrogens is 238 g/mol. The smallest absolute Gasteiger partial charge is 0.142 e. The minimum atomic E-state index is 0.546. The fourth-order valence-electron chi connectivity index (χ4n) is 3.21. The van der Waals surface area contributed by atoms with Gasteiger partial charge in [-0.05, 0) is 32.0 Å². The maximum absolute atomic E-state index is 4.49. The molecule has 0 aromatic carbocycles. The molecule has 5 heteroatoms. The molecule has 0 spiro atoms. The number of hydrogen-bond acceptors (Lipinski definition) is 4. The molecule has 1 saturated heterocycles. The topological polar surface area (TPSA) is 48.1 Å². The minimum Gasteiger partial charge on any atom is -0.356 e. The Bertz CT molecular complexity index is 564. The summed E-state index contributed by atoms with van der Waals surface area (Å²) >= 11 is 0. The fourth-order valence-corrected chi connectivity index (χ4v) is 3.21. The third-order valence-electron chi connectivity index (χ3n) is 4.23. The van der Waals surface area contributed by atoms with Gasteiger partial charge < -0.3 is 14.8 Å². The molecule has 1 N–H and O–H groups in total. The molecule has 0 amide bonds. The number of anilines is 1. The average Bonchev–Trinajstić information content (AvgIpc) is 2.86. The second-order valence-electron chi connectivity index (χ2n) is 5.64. The van der Waals surface area contributed by atoms with Gasteiger partial charge in [-0.25, -0.2) is 9.97 Å². The van der Waals surface area contributed by atoms with Crippen molar-refractivity contribution in [3.8, 4) is 0 Å². The lowest BCUT2D eigenvalue weighted by molar-refractivity contribution is 0.193. The van der Waals surface area contributed by atoms with Crippen LogP contribution in [0.3, 0.4) is 0 Å². The van der Waals surface area contributed by atoms with Crippen molar-refractivity contribution in [2.24, 2.45) is 5.92 Å². The largest absolute Gasteiger partial charge is 0.356 e. The summed E-state index contributed by atoms with van der Waals surface area (Å²) in [5, 5.41) is 1.11. The Kier molecular flexibility index (Phi) is 3.14. The molecular formula is C14H21N5. The van der Waals surface area contributed by atoms with Crippen molar-refractivity contribution in [3.63, 3.8) is 0 Å². The number of aromatic nitrogens is 3. The standard InChI is InChI=1S/C14H21N5/c1-10-8-18(2)7-5-12(10)19(3)14-11-4-6-15-13(11)16-9-17-14/h4,6,9-10,12H,5,7-8H2,1-3H3,(H,15,16,17). The van der Waals surface area contributed by atoms with Crippen LogP contribution in [-0.4, -0.2) is 53.1 Å². The van der Waals surface area contributed by atoms with Crippen LogP contribution in [0.4, 0.5) is 5.82 Å². The summed E-state index contributed by atoms with van der Waals surface area (Å²) in [6, 6.07) is 2.60. The van der Waals surface area contributed by atoms with Crippen LogP contribution in [0.1, 0.15) is 13.3 Å². The number of H-pyrrole nitrogens is 1. The van der Waals surface area contributed by atoms with Gasteiger partial charge in [0.05, 0.1) is 5.39 Å². The predicted octanol–water partition coefficient (Wildman–Crippen LogP) is 1.73. The van der Waals surface area contributed by atoms with Gasteiger partial charge >= 0.3 is 0 Å². The van der Waals surface area contributed by atoms with E-state index in [2.05, 4.69) is 51.8 Å². The highest BCUT2D eigenvalue weighted by Gasteiger charge is 2.28. The highest BCUT2D eigenvalue weighted by molar-refractivity contribution is 5.87. The van der Waals surface area contributed by atoms with Gasteiger partial charge in [-0.2, -0.15) is 0 Å². The molecule has 19 heavy (non-hydrogen) atoms. The lowest BCUT2D eigenvalue weighted by atomic mass is 9.93. The number of hydrogen-bond donors (Lipinski definition) is 1. The molecule has 3 rings (SSSR count). The van der Waals surface area contributed by atoms with Crippen LogP contribution < -0.4 is 4.90 Å². The van der Waals surface area contributed by atoms with Gasteiger partial charge in [-0.15, -0.1) is 0 Å². The molecule has 0 bridgehead atoms. The molecule has 0 saturated carbocycles. The molecule has 0 aliphatic carbocycles. The molecule has 0 radical (unpaired) electrons. The number of likely N-dealkylation sites (tertiary alicyclic amines) is 1. The number of nitrogens with zero attached hydrogens (tertiary/aromatic N) is 4. The Hall–Kier alpha value is -1.62. The van der Waals surface area contributed by atoms with E-state index in [1.807, 2.05) is 6.20 Å². The molecule has 2 aromatic heterocycles. The molecule has 5 nitrogen and oxygen atoms in total. The van der Waals surface area contributed by atoms with E-state index in [1.165, 1.54) is 6.42 Å². The number of nitrogens with one attached hydrogen (secondary N) is 1. The SMILES string of the molecule is CC1CN(C)CCC1N(C)c1ncnc2[nH]ccc12. The maximum atomic E-state index is 4.49. The summed E-state index contributed by atoms with van der Waals surface area (Å²) in [6.07, 6.45) is 4.75. The van der Waals surface area contributed by atoms with Crippen molar-refractivity contribution in [2.75, 3.05) is 32.1 Å². The van der Waals surface area contributed by atoms with E-state index < -0.39 is 0 Å². The zero-order chi connectivity index (χ0) is 13.4. The molecule has 1 aliphatic rings. The quantitative estimate of drug-likeness (QED) is 0.892. The van der Waals surface area contributed by atoms with E-state index >= 15 is 0 Å². The highest BCUT2D eigenvalue weighted by Crippen LogP contribution is 2.28. The van der Waals surface area contributed by atoms with Crippen LogP contribution in [0.25, 0.3) is 11.0 Å². The van der Waals surface area contributed by atoms with Gasteiger partial charge in [0.25, 0.3) is 0 Å². The first-order valence-electron chi connectivity index (χ1n) is 6.86. The van der Waals surface area contributed by atoms with Crippen molar-refractivity contribution < 1.29 is 0 Å². The van der Waals surface area contributed by atoms with Crippen LogP contribution in [0.5, 0.6) is 0 Å². The van der Waals surface area contributed by atoms with Crippen molar-refractivity contribution >= 4 is 16.9 Å². The van der Waals surface area contributed by atoms with Crippen molar-refractivity contribution in [1.82, 2.24) is 19.9 Å². The fraction of sp³-hybridized carbons (Fsp3) is 0.571. The summed E-state index contributed by atoms with van der Waals surface area (Å²) in [7, 11) is 4.35. The zero-order valence-electron chi connectivity index (χ0n) is 11.8. The Morgan fingerprint density at radius 2 is 2.26 bits per heavy atom. The minimum absolute atomic E-state index is 0.546. The van der Waals surface area contributed by atoms with E-state index in [9.17, 15) is 0 Å². The van der Waals surface area contributed by atoms with Crippen LogP contribution in [0.15, 0.2) is 18.6 Å². The van der Waals surface area contributed by atoms with Crippen LogP contribution in [-0.2, 0) is 0 Å².